The number of aldehydes is 1. The average Bonchev–Trinajstić information content (AvgIpc) is 2.35. The molecule has 3 nitrogen and oxygen atoms in total. The summed E-state index contributed by atoms with van der Waals surface area (Å²) in [6.45, 7) is 0. The van der Waals surface area contributed by atoms with Crippen LogP contribution in [0.2, 0.25) is 0 Å². The van der Waals surface area contributed by atoms with Crippen molar-refractivity contribution in [2.45, 2.75) is 4.87 Å². The first kappa shape index (κ1) is 7.75. The van der Waals surface area contributed by atoms with E-state index in [-0.39, 0.29) is 0 Å². The number of nitrogens with zero attached hydrogens (tertiary/aromatic N) is 2. The number of carbonyl (C=O) groups excluding carboxylic acids is 1. The summed E-state index contributed by atoms with van der Waals surface area (Å²) in [7, 11) is 3.75. The molecule has 0 saturated carbocycles. The molecule has 0 saturated heterocycles. The van der Waals surface area contributed by atoms with Crippen molar-refractivity contribution in [2.24, 2.45) is 4.99 Å². The summed E-state index contributed by atoms with van der Waals surface area (Å²) < 4.78 is 0. The molecule has 0 amide bonds. The third kappa shape index (κ3) is 1.09. The Balaban J connectivity index is 2.78. The summed E-state index contributed by atoms with van der Waals surface area (Å²) in [5.41, 5.74) is 0. The van der Waals surface area contributed by atoms with Crippen molar-refractivity contribution in [1.82, 2.24) is 4.90 Å². The van der Waals surface area contributed by atoms with Crippen LogP contribution in [0.25, 0.3) is 0 Å². The first-order valence-electron chi connectivity index (χ1n) is 3.00. The molecule has 0 spiro atoms. The van der Waals surface area contributed by atoms with Gasteiger partial charge >= 0.3 is 0 Å². The van der Waals surface area contributed by atoms with Crippen LogP contribution in [0.5, 0.6) is 0 Å². The zero-order valence-corrected chi connectivity index (χ0v) is 6.89. The lowest BCUT2D eigenvalue weighted by atomic mass is 10.3. The van der Waals surface area contributed by atoms with Gasteiger partial charge in [0.1, 0.15) is 0 Å². The van der Waals surface area contributed by atoms with Crippen LogP contribution < -0.4 is 0 Å². The summed E-state index contributed by atoms with van der Waals surface area (Å²) in [6, 6.07) is 0. The summed E-state index contributed by atoms with van der Waals surface area (Å²) >= 11 is 1.53. The molecule has 1 unspecified atom stereocenters. The molecule has 0 bridgehead atoms. The van der Waals surface area contributed by atoms with E-state index in [4.69, 9.17) is 0 Å². The second kappa shape index (κ2) is 2.72. The predicted molar refractivity (Wildman–Crippen MR) is 43.4 cm³/mol. The molecule has 1 aliphatic rings. The minimum Gasteiger partial charge on any atom is -0.300 e. The quantitative estimate of drug-likeness (QED) is 0.539. The molecule has 1 atom stereocenters. The van der Waals surface area contributed by atoms with Gasteiger partial charge in [0.25, 0.3) is 0 Å². The van der Waals surface area contributed by atoms with Gasteiger partial charge in [0.15, 0.2) is 11.2 Å². The highest BCUT2D eigenvalue weighted by molar-refractivity contribution is 8.02. The van der Waals surface area contributed by atoms with Crippen molar-refractivity contribution in [3.63, 3.8) is 0 Å². The monoisotopic (exact) mass is 158 g/mol. The van der Waals surface area contributed by atoms with Crippen LogP contribution in [0.4, 0.5) is 0 Å². The lowest BCUT2D eigenvalue weighted by molar-refractivity contribution is -0.110. The molecule has 0 radical (unpaired) electrons. The third-order valence-electron chi connectivity index (χ3n) is 1.51. The second-order valence-corrected chi connectivity index (χ2v) is 3.55. The van der Waals surface area contributed by atoms with Crippen molar-refractivity contribution in [2.75, 3.05) is 20.0 Å². The Morgan fingerprint density at radius 2 is 2.50 bits per heavy atom. The number of likely N-dealkylation sites (N-methyl/N-ethyl adjacent to an activating group) is 1. The highest BCUT2D eigenvalue weighted by atomic mass is 32.2. The topological polar surface area (TPSA) is 32.7 Å². The van der Waals surface area contributed by atoms with Crippen LogP contribution in [-0.2, 0) is 4.79 Å². The second-order valence-electron chi connectivity index (χ2n) is 2.35. The van der Waals surface area contributed by atoms with E-state index in [1.54, 1.807) is 6.21 Å². The van der Waals surface area contributed by atoms with E-state index < -0.39 is 4.87 Å². The Labute approximate surface area is 64.5 Å². The number of rotatable bonds is 2. The molecule has 1 heterocycles. The van der Waals surface area contributed by atoms with E-state index >= 15 is 0 Å². The number of carbonyl (C=O) groups is 1. The van der Waals surface area contributed by atoms with Gasteiger partial charge in [-0.2, -0.15) is 0 Å². The molecule has 0 aromatic carbocycles. The number of hydrogen-bond acceptors (Lipinski definition) is 4. The summed E-state index contributed by atoms with van der Waals surface area (Å²) in [5.74, 6) is 0.691. The molecule has 4 heteroatoms. The molecule has 1 rings (SSSR count). The van der Waals surface area contributed by atoms with Crippen LogP contribution in [0.3, 0.4) is 0 Å². The van der Waals surface area contributed by atoms with Crippen molar-refractivity contribution in [3.05, 3.63) is 0 Å². The predicted octanol–water partition coefficient (Wildman–Crippen LogP) is 0.218. The van der Waals surface area contributed by atoms with Crippen LogP contribution in [0.1, 0.15) is 0 Å². The van der Waals surface area contributed by atoms with Crippen LogP contribution >= 0.6 is 11.8 Å². The fourth-order valence-corrected chi connectivity index (χ4v) is 1.59. The van der Waals surface area contributed by atoms with Crippen molar-refractivity contribution in [3.8, 4) is 0 Å². The standard InChI is InChI=1S/C6H10N2OS/c1-8(2)6(4-9)3-7-5-10-6/h3-4H,5H2,1-2H3. The lowest BCUT2D eigenvalue weighted by Gasteiger charge is -2.25. The van der Waals surface area contributed by atoms with Gasteiger partial charge in [0.05, 0.1) is 5.88 Å². The Hall–Kier alpha value is -0.350. The van der Waals surface area contributed by atoms with Crippen LogP contribution in [-0.4, -0.2) is 42.2 Å². The largest absolute Gasteiger partial charge is 0.300 e. The Bertz CT molecular complexity index is 169. The highest BCUT2D eigenvalue weighted by Crippen LogP contribution is 2.28. The minimum absolute atomic E-state index is 0.486. The zero-order valence-electron chi connectivity index (χ0n) is 6.07. The maximum absolute atomic E-state index is 10.6. The number of aliphatic imine (C=N–C) groups is 1. The smallest absolute Gasteiger partial charge is 0.160 e. The van der Waals surface area contributed by atoms with E-state index in [2.05, 4.69) is 4.99 Å². The third-order valence-corrected chi connectivity index (χ3v) is 2.82. The van der Waals surface area contributed by atoms with Crippen molar-refractivity contribution >= 4 is 24.3 Å². The molecular weight excluding hydrogens is 148 g/mol. The molecule has 56 valence electrons. The summed E-state index contributed by atoms with van der Waals surface area (Å²) in [4.78, 5) is 16.0. The number of thioether (sulfide) groups is 1. The molecule has 0 aliphatic carbocycles. The first-order chi connectivity index (χ1) is 4.71. The van der Waals surface area contributed by atoms with Gasteiger partial charge in [-0.1, -0.05) is 0 Å². The van der Waals surface area contributed by atoms with Gasteiger partial charge in [-0.25, -0.2) is 0 Å². The van der Waals surface area contributed by atoms with Gasteiger partial charge in [0, 0.05) is 6.21 Å². The molecule has 0 fully saturated rings. The first-order valence-corrected chi connectivity index (χ1v) is 3.98. The van der Waals surface area contributed by atoms with Gasteiger partial charge < -0.3 is 0 Å². The van der Waals surface area contributed by atoms with Gasteiger partial charge in [-0.05, 0) is 14.1 Å². The maximum Gasteiger partial charge on any atom is 0.160 e. The average molecular weight is 158 g/mol. The fourth-order valence-electron chi connectivity index (χ4n) is 0.760. The maximum atomic E-state index is 10.6. The normalized spacial score (nSPS) is 31.5. The van der Waals surface area contributed by atoms with E-state index in [9.17, 15) is 4.79 Å². The van der Waals surface area contributed by atoms with Crippen molar-refractivity contribution < 1.29 is 4.79 Å². The fraction of sp³-hybridized carbons (Fsp3) is 0.667. The summed E-state index contributed by atoms with van der Waals surface area (Å²) in [6.07, 6.45) is 2.62. The van der Waals surface area contributed by atoms with E-state index in [1.165, 1.54) is 11.8 Å². The summed E-state index contributed by atoms with van der Waals surface area (Å²) in [5, 5.41) is 0. The minimum atomic E-state index is -0.486. The van der Waals surface area contributed by atoms with E-state index in [1.807, 2.05) is 19.0 Å². The van der Waals surface area contributed by atoms with Crippen LogP contribution in [0.15, 0.2) is 4.99 Å². The van der Waals surface area contributed by atoms with E-state index in [0.29, 0.717) is 5.88 Å². The van der Waals surface area contributed by atoms with Gasteiger partial charge in [0.2, 0.25) is 0 Å². The molecule has 0 aromatic heterocycles. The highest BCUT2D eigenvalue weighted by Gasteiger charge is 2.33. The van der Waals surface area contributed by atoms with Gasteiger partial charge in [-0.3, -0.25) is 14.7 Å². The van der Waals surface area contributed by atoms with Gasteiger partial charge in [-0.15, -0.1) is 11.8 Å². The molecule has 10 heavy (non-hydrogen) atoms. The Morgan fingerprint density at radius 1 is 1.80 bits per heavy atom. The molecule has 0 N–H and O–H groups in total. The van der Waals surface area contributed by atoms with Crippen molar-refractivity contribution in [1.29, 1.82) is 0 Å². The Morgan fingerprint density at radius 3 is 2.70 bits per heavy atom. The Kier molecular flexibility index (Phi) is 2.11. The SMILES string of the molecule is CN(C)C1(C=O)C=NCS1. The number of hydrogen-bond donors (Lipinski definition) is 0. The zero-order chi connectivity index (χ0) is 7.61. The van der Waals surface area contributed by atoms with E-state index in [0.717, 1.165) is 6.29 Å². The van der Waals surface area contributed by atoms with Crippen LogP contribution in [0, 0.1) is 0 Å². The molecule has 0 aromatic rings. The molecular formula is C6H10N2OS. The lowest BCUT2D eigenvalue weighted by Crippen LogP contribution is -2.42. The molecule has 1 aliphatic heterocycles.